The fourth-order valence-electron chi connectivity index (χ4n) is 6.07. The Hall–Kier alpha value is -6.07. The molecule has 52 heavy (non-hydrogen) atoms. The van der Waals surface area contributed by atoms with E-state index < -0.39 is 0 Å². The van der Waals surface area contributed by atoms with Crippen LogP contribution in [0.2, 0.25) is 0 Å². The van der Waals surface area contributed by atoms with Crippen LogP contribution >= 0.6 is 0 Å². The van der Waals surface area contributed by atoms with E-state index in [0.717, 1.165) is 101 Å². The Morgan fingerprint density at radius 3 is 1.17 bits per heavy atom. The molecular formula is C47H45N5. The fraction of sp³-hybridized carbons (Fsp3) is 0.170. The average Bonchev–Trinajstić information content (AvgIpc) is 3.15. The monoisotopic (exact) mass is 679 g/mol. The Kier molecular flexibility index (Phi) is 10.9. The van der Waals surface area contributed by atoms with E-state index in [1.54, 1.807) is 0 Å². The van der Waals surface area contributed by atoms with Crippen molar-refractivity contribution >= 4 is 45.6 Å². The van der Waals surface area contributed by atoms with Crippen molar-refractivity contribution in [3.63, 3.8) is 0 Å². The molecule has 0 saturated heterocycles. The normalized spacial score (nSPS) is 12.7. The lowest BCUT2D eigenvalue weighted by molar-refractivity contribution is 1.23. The number of para-hydroxylation sites is 2. The SMILES string of the molecule is CC(=Nc1ccccc1C)c1cccc(C(C)=Nc2ccc(-c3ccc(N=C(C)c4cccc(C(C)=Nc5ccccc5C)n4)c(C)c3)cc2C)c1. The number of nitrogens with zero attached hydrogens (tertiary/aromatic N) is 5. The first kappa shape index (κ1) is 35.7. The van der Waals surface area contributed by atoms with E-state index in [2.05, 4.69) is 120 Å². The highest BCUT2D eigenvalue weighted by atomic mass is 14.8. The van der Waals surface area contributed by atoms with Crippen LogP contribution in [0.5, 0.6) is 0 Å². The van der Waals surface area contributed by atoms with Gasteiger partial charge in [0, 0.05) is 11.4 Å². The molecule has 0 aliphatic rings. The minimum atomic E-state index is 0.833. The summed E-state index contributed by atoms with van der Waals surface area (Å²) in [4.78, 5) is 24.7. The van der Waals surface area contributed by atoms with E-state index >= 15 is 0 Å². The van der Waals surface area contributed by atoms with E-state index in [0.29, 0.717) is 0 Å². The van der Waals surface area contributed by atoms with Crippen molar-refractivity contribution in [2.24, 2.45) is 20.0 Å². The van der Waals surface area contributed by atoms with Gasteiger partial charge in [0.05, 0.1) is 45.6 Å². The van der Waals surface area contributed by atoms with Crippen LogP contribution in [0.3, 0.4) is 0 Å². The molecule has 258 valence electrons. The third-order valence-electron chi connectivity index (χ3n) is 9.30. The molecule has 5 aromatic carbocycles. The first-order valence-corrected chi connectivity index (χ1v) is 17.7. The second-order valence-electron chi connectivity index (χ2n) is 13.4. The third kappa shape index (κ3) is 8.44. The van der Waals surface area contributed by atoms with Gasteiger partial charge in [-0.05, 0) is 154 Å². The summed E-state index contributed by atoms with van der Waals surface area (Å²) in [5.41, 5.74) is 18.1. The van der Waals surface area contributed by atoms with E-state index in [1.807, 2.05) is 62.4 Å². The van der Waals surface area contributed by atoms with Gasteiger partial charge in [-0.25, -0.2) is 4.98 Å². The summed E-state index contributed by atoms with van der Waals surface area (Å²) in [6.45, 7) is 16.5. The van der Waals surface area contributed by atoms with Crippen LogP contribution in [0, 0.1) is 27.7 Å². The largest absolute Gasteiger partial charge is 0.253 e. The molecule has 0 amide bonds. The smallest absolute Gasteiger partial charge is 0.0849 e. The molecule has 0 unspecified atom stereocenters. The highest BCUT2D eigenvalue weighted by Gasteiger charge is 2.10. The highest BCUT2D eigenvalue weighted by Crippen LogP contribution is 2.31. The zero-order valence-corrected chi connectivity index (χ0v) is 31.4. The number of hydrogen-bond acceptors (Lipinski definition) is 5. The van der Waals surface area contributed by atoms with Crippen molar-refractivity contribution in [2.75, 3.05) is 0 Å². The number of aromatic nitrogens is 1. The Bertz CT molecular complexity index is 2220. The molecule has 0 aliphatic carbocycles. The standard InChI is InChI=1S/C47H45N5/c1-30-15-9-11-19-42(30)48-34(5)38-17-13-18-39(29-38)35(6)49-44-25-23-40(27-32(44)3)41-24-26-45(33(4)28-41)51-37(8)47-22-14-21-46(52-47)36(7)50-43-20-12-10-16-31(43)2/h9-29H,1-8H3. The van der Waals surface area contributed by atoms with Crippen LogP contribution in [0.1, 0.15) is 72.5 Å². The highest BCUT2D eigenvalue weighted by molar-refractivity contribution is 6.05. The van der Waals surface area contributed by atoms with Gasteiger partial charge >= 0.3 is 0 Å². The quantitative estimate of drug-likeness (QED) is 0.140. The lowest BCUT2D eigenvalue weighted by Crippen LogP contribution is -2.05. The average molecular weight is 680 g/mol. The van der Waals surface area contributed by atoms with Crippen molar-refractivity contribution in [3.05, 3.63) is 172 Å². The minimum absolute atomic E-state index is 0.833. The van der Waals surface area contributed by atoms with E-state index in [4.69, 9.17) is 25.0 Å². The maximum atomic E-state index is 5.04. The molecule has 0 fully saturated rings. The van der Waals surface area contributed by atoms with Gasteiger partial charge in [0.25, 0.3) is 0 Å². The molecular weight excluding hydrogens is 635 g/mol. The van der Waals surface area contributed by atoms with Gasteiger partial charge in [-0.15, -0.1) is 0 Å². The predicted octanol–water partition coefficient (Wildman–Crippen LogP) is 12.5. The Balaban J connectivity index is 1.19. The summed E-state index contributed by atoms with van der Waals surface area (Å²) in [5, 5.41) is 0. The van der Waals surface area contributed by atoms with Gasteiger partial charge in [0.2, 0.25) is 0 Å². The number of benzene rings is 5. The van der Waals surface area contributed by atoms with Gasteiger partial charge < -0.3 is 0 Å². The van der Waals surface area contributed by atoms with Crippen LogP contribution in [0.15, 0.2) is 147 Å². The molecule has 0 atom stereocenters. The fourth-order valence-corrected chi connectivity index (χ4v) is 6.07. The van der Waals surface area contributed by atoms with Crippen molar-refractivity contribution in [3.8, 4) is 11.1 Å². The van der Waals surface area contributed by atoms with E-state index in [-0.39, 0.29) is 0 Å². The van der Waals surface area contributed by atoms with Gasteiger partial charge in [-0.2, -0.15) is 0 Å². The molecule has 0 aliphatic heterocycles. The van der Waals surface area contributed by atoms with Crippen LogP contribution in [0.25, 0.3) is 11.1 Å². The topological polar surface area (TPSA) is 62.3 Å². The lowest BCUT2D eigenvalue weighted by Gasteiger charge is -2.10. The van der Waals surface area contributed by atoms with Gasteiger partial charge in [-0.1, -0.05) is 72.8 Å². The molecule has 0 saturated carbocycles. The van der Waals surface area contributed by atoms with Crippen LogP contribution in [0.4, 0.5) is 22.7 Å². The Morgan fingerprint density at radius 1 is 0.365 bits per heavy atom. The Labute approximate surface area is 308 Å². The number of hydrogen-bond donors (Lipinski definition) is 0. The maximum Gasteiger partial charge on any atom is 0.0849 e. The van der Waals surface area contributed by atoms with Crippen LogP contribution < -0.4 is 0 Å². The summed E-state index contributed by atoms with van der Waals surface area (Å²) < 4.78 is 0. The van der Waals surface area contributed by atoms with E-state index in [9.17, 15) is 0 Å². The maximum absolute atomic E-state index is 5.04. The molecule has 1 heterocycles. The summed E-state index contributed by atoms with van der Waals surface area (Å²) in [5.74, 6) is 0. The minimum Gasteiger partial charge on any atom is -0.253 e. The molecule has 0 bridgehead atoms. The first-order valence-electron chi connectivity index (χ1n) is 17.7. The van der Waals surface area contributed by atoms with Crippen molar-refractivity contribution in [1.29, 1.82) is 0 Å². The molecule has 6 rings (SSSR count). The second-order valence-corrected chi connectivity index (χ2v) is 13.4. The zero-order chi connectivity index (χ0) is 36.8. The van der Waals surface area contributed by atoms with Gasteiger partial charge in [-0.3, -0.25) is 20.0 Å². The zero-order valence-electron chi connectivity index (χ0n) is 31.4. The number of aryl methyl sites for hydroxylation is 4. The second kappa shape index (κ2) is 15.9. The Morgan fingerprint density at radius 2 is 0.750 bits per heavy atom. The lowest BCUT2D eigenvalue weighted by atomic mass is 9.99. The molecule has 5 nitrogen and oxygen atoms in total. The van der Waals surface area contributed by atoms with Gasteiger partial charge in [0.1, 0.15) is 0 Å². The number of rotatable bonds is 9. The molecule has 1 aromatic heterocycles. The summed E-state index contributed by atoms with van der Waals surface area (Å²) in [7, 11) is 0. The van der Waals surface area contributed by atoms with Crippen molar-refractivity contribution in [1.82, 2.24) is 4.98 Å². The molecule has 0 N–H and O–H groups in total. The van der Waals surface area contributed by atoms with Gasteiger partial charge in [0.15, 0.2) is 0 Å². The molecule has 0 radical (unpaired) electrons. The number of aliphatic imine (C=N–C) groups is 4. The summed E-state index contributed by atoms with van der Waals surface area (Å²) in [6, 6.07) is 43.7. The summed E-state index contributed by atoms with van der Waals surface area (Å²) in [6.07, 6.45) is 0. The molecule has 5 heteroatoms. The van der Waals surface area contributed by atoms with Crippen molar-refractivity contribution < 1.29 is 0 Å². The molecule has 0 spiro atoms. The van der Waals surface area contributed by atoms with Crippen molar-refractivity contribution in [2.45, 2.75) is 55.4 Å². The first-order chi connectivity index (χ1) is 25.0. The van der Waals surface area contributed by atoms with Crippen LogP contribution in [-0.4, -0.2) is 27.8 Å². The third-order valence-corrected chi connectivity index (χ3v) is 9.30. The van der Waals surface area contributed by atoms with E-state index in [1.165, 1.54) is 0 Å². The summed E-state index contributed by atoms with van der Waals surface area (Å²) >= 11 is 0. The van der Waals surface area contributed by atoms with Crippen LogP contribution in [-0.2, 0) is 0 Å². The predicted molar refractivity (Wildman–Crippen MR) is 222 cm³/mol. The molecule has 6 aromatic rings. The number of pyridine rings is 1.